The number of benzene rings is 2. The van der Waals surface area contributed by atoms with Crippen molar-refractivity contribution < 1.29 is 98.4 Å². The smallest absolute Gasteiger partial charge is 0.248 e. The first-order valence-corrected chi connectivity index (χ1v) is 40.6. The van der Waals surface area contributed by atoms with Crippen LogP contribution in [-0.4, -0.2) is 270 Å². The Morgan fingerprint density at radius 1 is 0.616 bits per heavy atom. The lowest BCUT2D eigenvalue weighted by Gasteiger charge is -2.35. The van der Waals surface area contributed by atoms with Gasteiger partial charge in [0.2, 0.25) is 70.9 Å². The minimum absolute atomic E-state index is 0.00273. The number of fused-ring (bicyclic) bond motifs is 2. The number of nitrogens with one attached hydrogen (secondary N) is 11. The van der Waals surface area contributed by atoms with Gasteiger partial charge in [0.1, 0.15) is 78.5 Å². The molecule has 0 spiro atoms. The van der Waals surface area contributed by atoms with E-state index in [-0.39, 0.29) is 81.9 Å². The molecule has 0 aliphatic carbocycles. The van der Waals surface area contributed by atoms with Crippen molar-refractivity contribution in [2.24, 2.45) is 23.5 Å². The largest absolute Gasteiger partial charge is 0.508 e. The number of unbranched alkanes of at least 4 members (excludes halogenated alkanes) is 5. The second-order valence-corrected chi connectivity index (χ2v) is 31.3. The summed E-state index contributed by atoms with van der Waals surface area (Å²) in [5.41, 5.74) is 6.41. The van der Waals surface area contributed by atoms with E-state index in [2.05, 4.69) is 79.3 Å². The molecule has 0 bridgehead atoms. The normalized spacial score (nSPS) is 24.0. The van der Waals surface area contributed by atoms with Crippen LogP contribution >= 0.6 is 11.8 Å². The van der Waals surface area contributed by atoms with Crippen LogP contribution < -0.4 is 64.2 Å². The summed E-state index contributed by atoms with van der Waals surface area (Å²) in [4.78, 5) is 172. The van der Waals surface area contributed by atoms with Crippen molar-refractivity contribution in [1.82, 2.24) is 68.3 Å². The van der Waals surface area contributed by atoms with Crippen molar-refractivity contribution >= 4 is 82.6 Å². The van der Waals surface area contributed by atoms with Gasteiger partial charge in [-0.15, -0.1) is 0 Å². The maximum absolute atomic E-state index is 15.0. The first kappa shape index (κ1) is 94.5. The van der Waals surface area contributed by atoms with Crippen LogP contribution in [0.3, 0.4) is 0 Å². The lowest BCUT2D eigenvalue weighted by atomic mass is 9.91. The van der Waals surface area contributed by atoms with E-state index < -0.39 is 207 Å². The molecule has 3 fully saturated rings. The number of carbonyl (C=O) groups is 12. The van der Waals surface area contributed by atoms with Gasteiger partial charge in [0.25, 0.3) is 0 Å². The Balaban J connectivity index is 1.46. The zero-order valence-electron chi connectivity index (χ0n) is 65.8. The van der Waals surface area contributed by atoms with Gasteiger partial charge in [0.05, 0.1) is 30.5 Å². The number of hydrogen-bond donors (Lipinski definition) is 20. The number of hydrogen-bond acceptors (Lipinski definition) is 23. The number of aromatic hydroxyl groups is 1. The standard InChI is InChI=1S/C77H124N14O20S/c1-9-44(4)38-45(5)19-15-12-10-11-13-18-22-61(100)83-55-41-59(98)68(80-34-33-79-60(99)28-32-81-69(103)54(39-48-20-16-14-17-21-48)85-71(105)53(37-43(2)3)84-70(104)52(30-36-112-8)82-47(7)93)89-75(109)65-58(97)29-35-90(65)77(111)63(57(96)27-31-78)87-74(108)64(67(102)66(101)49-23-25-50(94)26-24-49)88-73(107)56-40-51(95)42-91(56)76(110)62(46(6)92)86-72(55)106/h14,16-17,20-21,23-26,43-46,51-59,62-68,80,92,94-98,101-102H,9-13,15,18-19,22,27-42,78H2,1-8H3,(H,79,99)(H,81,103)(H,82,93)(H,83,100)(H,84,104)(H,85,105)(H,86,106)(H,87,108)(H,88,107)(H,89,109)/t44-,45+,46+,51+,52-,53-,54-,55-,56-,57+,58-,59+,62-,63-,64-,65-,66-,67-,68-/m0/s1. The highest BCUT2D eigenvalue weighted by molar-refractivity contribution is 7.98. The minimum Gasteiger partial charge on any atom is -0.508 e. The fraction of sp³-hybridized carbons (Fsp3) is 0.688. The van der Waals surface area contributed by atoms with Crippen LogP contribution in [0.1, 0.15) is 175 Å². The molecule has 3 aliphatic rings. The quantitative estimate of drug-likeness (QED) is 0.0317. The number of nitrogens with zero attached hydrogens (tertiary/aromatic N) is 2. The van der Waals surface area contributed by atoms with E-state index in [0.717, 1.165) is 73.8 Å². The summed E-state index contributed by atoms with van der Waals surface area (Å²) >= 11 is 1.47. The fourth-order valence-corrected chi connectivity index (χ4v) is 14.5. The SMILES string of the molecule is CC[C@H](C)C[C@H](C)CCCCCCCCC(=O)N[C@H]1C[C@@H](O)[C@@H](NCCNC(=O)CCNC(=O)[C@H](Cc2ccccc2)NC(=O)[C@H](CC(C)C)NC(=O)[C@H](CCSC)NC(C)=O)NC(=O)[C@@H]2[C@@H](O)CCN2C(=O)[C@H]([C@H](O)CCN)NC(=O)[C@H]([C@H](O)[C@@H](O)c2ccc(O)cc2)NC(=O)[C@@H]2C[C@@H](O)CN2C(=O)[C@H]([C@@H](C)O)NC1=O. The molecule has 3 saturated heterocycles. The predicted molar refractivity (Wildman–Crippen MR) is 416 cm³/mol. The molecule has 0 aromatic heterocycles. The van der Waals surface area contributed by atoms with Gasteiger partial charge in [-0.3, -0.25) is 62.9 Å². The molecule has 0 unspecified atom stereocenters. The first-order chi connectivity index (χ1) is 53.2. The van der Waals surface area contributed by atoms with Crippen LogP contribution in [0.25, 0.3) is 0 Å². The Kier molecular flexibility index (Phi) is 40.6. The zero-order valence-corrected chi connectivity index (χ0v) is 66.6. The lowest BCUT2D eigenvalue weighted by molar-refractivity contribution is -0.148. The van der Waals surface area contributed by atoms with Crippen molar-refractivity contribution in [3.63, 3.8) is 0 Å². The zero-order chi connectivity index (χ0) is 82.9. The maximum atomic E-state index is 15.0. The second kappa shape index (κ2) is 48.2. The van der Waals surface area contributed by atoms with Crippen LogP contribution in [0.5, 0.6) is 5.75 Å². The lowest BCUT2D eigenvalue weighted by Crippen LogP contribution is -2.65. The van der Waals surface area contributed by atoms with E-state index in [1.54, 1.807) is 30.3 Å². The summed E-state index contributed by atoms with van der Waals surface area (Å²) < 4.78 is 0. The predicted octanol–water partition coefficient (Wildman–Crippen LogP) is -2.13. The summed E-state index contributed by atoms with van der Waals surface area (Å²) in [7, 11) is 0. The molecule has 0 saturated carbocycles. The molecular formula is C77H124N14O20S. The van der Waals surface area contributed by atoms with Gasteiger partial charge in [0.15, 0.2) is 0 Å². The number of aliphatic hydroxyl groups excluding tert-OH is 7. The molecule has 112 heavy (non-hydrogen) atoms. The number of nitrogens with two attached hydrogens (primary N) is 1. The second-order valence-electron chi connectivity index (χ2n) is 30.3. The Bertz CT molecular complexity index is 3370. The number of rotatable bonds is 40. The highest BCUT2D eigenvalue weighted by atomic mass is 32.2. The number of phenols is 1. The summed E-state index contributed by atoms with van der Waals surface area (Å²) in [5, 5.41) is 120. The summed E-state index contributed by atoms with van der Waals surface area (Å²) in [6.45, 7) is 10.6. The van der Waals surface area contributed by atoms with Crippen molar-refractivity contribution in [3.8, 4) is 5.75 Å². The molecule has 3 aliphatic heterocycles. The number of carbonyl (C=O) groups excluding carboxylic acids is 12. The van der Waals surface area contributed by atoms with Gasteiger partial charge in [-0.1, -0.05) is 122 Å². The number of thioether (sulfide) groups is 1. The van der Waals surface area contributed by atoms with Crippen LogP contribution in [0.15, 0.2) is 54.6 Å². The van der Waals surface area contributed by atoms with Gasteiger partial charge >= 0.3 is 0 Å². The van der Waals surface area contributed by atoms with E-state index in [1.165, 1.54) is 30.8 Å². The highest BCUT2D eigenvalue weighted by Crippen LogP contribution is 2.28. The fourth-order valence-electron chi connectivity index (χ4n) is 14.0. The van der Waals surface area contributed by atoms with Gasteiger partial charge in [-0.2, -0.15) is 11.8 Å². The molecule has 34 nitrogen and oxygen atoms in total. The van der Waals surface area contributed by atoms with Gasteiger partial charge in [0, 0.05) is 71.8 Å². The van der Waals surface area contributed by atoms with E-state index in [1.807, 2.05) is 20.1 Å². The molecular weight excluding hydrogens is 1470 g/mol. The number of aliphatic hydroxyl groups is 7. The van der Waals surface area contributed by atoms with Crippen molar-refractivity contribution in [3.05, 3.63) is 65.7 Å². The number of amides is 12. The van der Waals surface area contributed by atoms with Gasteiger partial charge < -0.3 is 110 Å². The van der Waals surface area contributed by atoms with Gasteiger partial charge in [-0.05, 0) is 105 Å². The van der Waals surface area contributed by atoms with Crippen LogP contribution in [0.4, 0.5) is 0 Å². The Morgan fingerprint density at radius 2 is 1.25 bits per heavy atom. The molecule has 5 rings (SSSR count). The Morgan fingerprint density at radius 3 is 1.89 bits per heavy atom. The average molecular weight is 1600 g/mol. The van der Waals surface area contributed by atoms with Crippen LogP contribution in [-0.2, 0) is 64.0 Å². The average Bonchev–Trinajstić information content (AvgIpc) is 1.63. The first-order valence-electron chi connectivity index (χ1n) is 39.2. The van der Waals surface area contributed by atoms with E-state index in [0.29, 0.717) is 36.0 Å². The number of phenolic OH excluding ortho intramolecular Hbond substituents is 1. The highest BCUT2D eigenvalue weighted by Gasteiger charge is 2.49. The molecule has 21 N–H and O–H groups in total. The summed E-state index contributed by atoms with van der Waals surface area (Å²) in [6.07, 6.45) is -7.01. The maximum Gasteiger partial charge on any atom is 0.248 e. The van der Waals surface area contributed by atoms with E-state index in [4.69, 9.17) is 5.73 Å². The molecule has 2 aromatic carbocycles. The van der Waals surface area contributed by atoms with E-state index in [9.17, 15) is 93.6 Å². The van der Waals surface area contributed by atoms with Crippen molar-refractivity contribution in [1.29, 1.82) is 0 Å². The third-order valence-corrected chi connectivity index (χ3v) is 21.1. The Labute approximate surface area is 660 Å². The molecule has 12 amide bonds. The third-order valence-electron chi connectivity index (χ3n) is 20.4. The molecule has 628 valence electrons. The van der Waals surface area contributed by atoms with Crippen molar-refractivity contribution in [2.45, 2.75) is 267 Å². The van der Waals surface area contributed by atoms with Crippen molar-refractivity contribution in [2.75, 3.05) is 51.3 Å². The Hall–Kier alpha value is -8.13. The summed E-state index contributed by atoms with van der Waals surface area (Å²) in [6, 6.07) is -1.69. The topological polar surface area (TPSA) is 532 Å². The molecule has 3 heterocycles. The van der Waals surface area contributed by atoms with Gasteiger partial charge in [-0.25, -0.2) is 0 Å². The third kappa shape index (κ3) is 30.7. The molecule has 35 heteroatoms. The summed E-state index contributed by atoms with van der Waals surface area (Å²) in [5.74, 6) is -9.72. The molecule has 0 radical (unpaired) electrons. The molecule has 19 atom stereocenters. The minimum atomic E-state index is -2.35. The van der Waals surface area contributed by atoms with E-state index >= 15 is 4.79 Å². The van der Waals surface area contributed by atoms with Crippen LogP contribution in [0.2, 0.25) is 0 Å². The monoisotopic (exact) mass is 1600 g/mol. The molecule has 2 aromatic rings. The van der Waals surface area contributed by atoms with Crippen LogP contribution in [0, 0.1) is 17.8 Å².